The number of hydrogen-bond acceptors (Lipinski definition) is 4. The van der Waals surface area contributed by atoms with Crippen molar-refractivity contribution in [1.29, 1.82) is 0 Å². The van der Waals surface area contributed by atoms with E-state index >= 15 is 0 Å². The highest BCUT2D eigenvalue weighted by Gasteiger charge is 2.27. The fourth-order valence-electron chi connectivity index (χ4n) is 2.74. The summed E-state index contributed by atoms with van der Waals surface area (Å²) in [5.74, 6) is -0.173. The van der Waals surface area contributed by atoms with Gasteiger partial charge in [-0.25, -0.2) is 4.79 Å². The average molecular weight is 418 g/mol. The van der Waals surface area contributed by atoms with E-state index in [1.807, 2.05) is 0 Å². The molecule has 1 atom stereocenters. The highest BCUT2D eigenvalue weighted by Crippen LogP contribution is 2.26. The second kappa shape index (κ2) is 8.50. The molecule has 0 aliphatic carbocycles. The summed E-state index contributed by atoms with van der Waals surface area (Å²) in [6.07, 6.45) is -1.17. The Morgan fingerprint density at radius 2 is 1.64 bits per heavy atom. The lowest BCUT2D eigenvalue weighted by Gasteiger charge is -2.18. The number of carbonyl (C=O) groups is 2. The van der Waals surface area contributed by atoms with Crippen LogP contribution in [0.5, 0.6) is 0 Å². The second-order valence-corrected chi connectivity index (χ2v) is 7.04. The Hall–Kier alpha value is -2.76. The Morgan fingerprint density at radius 3 is 2.21 bits per heavy atom. The molecular weight excluding hydrogens is 401 g/mol. The lowest BCUT2D eigenvalue weighted by atomic mass is 10.1. The summed E-state index contributed by atoms with van der Waals surface area (Å²) in [7, 11) is 0. The van der Waals surface area contributed by atoms with Crippen LogP contribution in [0.1, 0.15) is 33.5 Å². The van der Waals surface area contributed by atoms with Crippen LogP contribution in [-0.2, 0) is 9.53 Å². The lowest BCUT2D eigenvalue weighted by molar-refractivity contribution is -0.125. The minimum atomic E-state index is -1.17. The van der Waals surface area contributed by atoms with Gasteiger partial charge in [0, 0.05) is 21.3 Å². The predicted octanol–water partition coefficient (Wildman–Crippen LogP) is 5.74. The van der Waals surface area contributed by atoms with Crippen LogP contribution in [0.4, 0.5) is 5.69 Å². The van der Waals surface area contributed by atoms with E-state index in [1.54, 1.807) is 68.4 Å². The number of esters is 1. The first kappa shape index (κ1) is 20.0. The number of ether oxygens (including phenoxy) is 1. The number of anilines is 1. The van der Waals surface area contributed by atoms with Crippen molar-refractivity contribution < 1.29 is 18.7 Å². The van der Waals surface area contributed by atoms with Crippen LogP contribution in [-0.4, -0.2) is 11.9 Å². The summed E-state index contributed by atoms with van der Waals surface area (Å²) in [4.78, 5) is 25.5. The van der Waals surface area contributed by atoms with E-state index in [-0.39, 0.29) is 5.56 Å². The van der Waals surface area contributed by atoms with Gasteiger partial charge in [0.25, 0.3) is 5.91 Å². The molecule has 1 aromatic heterocycles. The van der Waals surface area contributed by atoms with Crippen molar-refractivity contribution in [3.8, 4) is 0 Å². The van der Waals surface area contributed by atoms with E-state index in [1.165, 1.54) is 0 Å². The first-order valence-electron chi connectivity index (χ1n) is 8.43. The molecule has 0 saturated heterocycles. The van der Waals surface area contributed by atoms with Gasteiger partial charge >= 0.3 is 5.97 Å². The van der Waals surface area contributed by atoms with Crippen molar-refractivity contribution >= 4 is 40.8 Å². The molecule has 5 nitrogen and oxygen atoms in total. The van der Waals surface area contributed by atoms with E-state index in [2.05, 4.69) is 5.32 Å². The standard InChI is InChI=1S/C21H17Cl2NO4/c1-12-8-18(13(2)27-12)21(26)28-19(14-6-4-3-5-7-14)20(25)24-17-10-15(22)9-16(23)11-17/h3-11,19H,1-2H3,(H,24,25)/t19-/m1/s1. The number of amides is 1. The molecule has 1 heterocycles. The van der Waals surface area contributed by atoms with Crippen LogP contribution in [0.3, 0.4) is 0 Å². The fraction of sp³-hybridized carbons (Fsp3) is 0.143. The molecule has 0 bridgehead atoms. The average Bonchev–Trinajstić information content (AvgIpc) is 2.97. The molecule has 1 amide bonds. The van der Waals surface area contributed by atoms with Gasteiger partial charge in [0.2, 0.25) is 6.10 Å². The maximum Gasteiger partial charge on any atom is 0.342 e. The maximum atomic E-state index is 12.9. The maximum absolute atomic E-state index is 12.9. The van der Waals surface area contributed by atoms with Gasteiger partial charge in [0.1, 0.15) is 17.1 Å². The highest BCUT2D eigenvalue weighted by atomic mass is 35.5. The Kier molecular flexibility index (Phi) is 6.07. The smallest absolute Gasteiger partial charge is 0.342 e. The topological polar surface area (TPSA) is 68.5 Å². The molecule has 0 spiro atoms. The molecule has 144 valence electrons. The summed E-state index contributed by atoms with van der Waals surface area (Å²) < 4.78 is 10.9. The lowest BCUT2D eigenvalue weighted by Crippen LogP contribution is -2.26. The zero-order valence-electron chi connectivity index (χ0n) is 15.2. The molecule has 0 aliphatic heterocycles. The number of carbonyl (C=O) groups excluding carboxylic acids is 2. The Morgan fingerprint density at radius 1 is 1.00 bits per heavy atom. The van der Waals surface area contributed by atoms with Crippen LogP contribution < -0.4 is 5.32 Å². The minimum Gasteiger partial charge on any atom is -0.466 e. The summed E-state index contributed by atoms with van der Waals surface area (Å²) in [6, 6.07) is 15.0. The normalized spacial score (nSPS) is 11.7. The number of halogens is 2. The van der Waals surface area contributed by atoms with Gasteiger partial charge in [0.05, 0.1) is 0 Å². The van der Waals surface area contributed by atoms with Gasteiger partial charge in [0.15, 0.2) is 0 Å². The van der Waals surface area contributed by atoms with Gasteiger partial charge in [-0.3, -0.25) is 4.79 Å². The molecule has 28 heavy (non-hydrogen) atoms. The molecule has 7 heteroatoms. The zero-order chi connectivity index (χ0) is 20.3. The third kappa shape index (κ3) is 4.74. The summed E-state index contributed by atoms with van der Waals surface area (Å²) in [6.45, 7) is 3.39. The van der Waals surface area contributed by atoms with E-state index in [0.29, 0.717) is 32.8 Å². The molecule has 3 aromatic rings. The summed E-state index contributed by atoms with van der Waals surface area (Å²) >= 11 is 12.0. The van der Waals surface area contributed by atoms with Crippen molar-refractivity contribution in [2.75, 3.05) is 5.32 Å². The number of hydrogen-bond donors (Lipinski definition) is 1. The number of rotatable bonds is 5. The predicted molar refractivity (Wildman–Crippen MR) is 108 cm³/mol. The Bertz CT molecular complexity index is 994. The molecular formula is C21H17Cl2NO4. The number of benzene rings is 2. The Labute approximate surface area is 172 Å². The van der Waals surface area contributed by atoms with Gasteiger partial charge < -0.3 is 14.5 Å². The van der Waals surface area contributed by atoms with E-state index in [4.69, 9.17) is 32.4 Å². The SMILES string of the molecule is Cc1cc(C(=O)O[C@@H](C(=O)Nc2cc(Cl)cc(Cl)c2)c2ccccc2)c(C)o1. The van der Waals surface area contributed by atoms with Crippen LogP contribution >= 0.6 is 23.2 Å². The van der Waals surface area contributed by atoms with Gasteiger partial charge in [-0.15, -0.1) is 0 Å². The first-order chi connectivity index (χ1) is 13.3. The zero-order valence-corrected chi connectivity index (χ0v) is 16.7. The largest absolute Gasteiger partial charge is 0.466 e. The van der Waals surface area contributed by atoms with Crippen molar-refractivity contribution in [3.05, 3.63) is 87.3 Å². The van der Waals surface area contributed by atoms with Crippen molar-refractivity contribution in [2.24, 2.45) is 0 Å². The van der Waals surface area contributed by atoms with Crippen LogP contribution in [0.2, 0.25) is 10.0 Å². The second-order valence-electron chi connectivity index (χ2n) is 6.17. The van der Waals surface area contributed by atoms with Gasteiger partial charge in [-0.2, -0.15) is 0 Å². The quantitative estimate of drug-likeness (QED) is 0.537. The van der Waals surface area contributed by atoms with Crippen molar-refractivity contribution in [3.63, 3.8) is 0 Å². The van der Waals surface area contributed by atoms with Gasteiger partial charge in [-0.1, -0.05) is 53.5 Å². The molecule has 0 radical (unpaired) electrons. The summed E-state index contributed by atoms with van der Waals surface area (Å²) in [5.41, 5.74) is 1.20. The molecule has 2 aromatic carbocycles. The number of furan rings is 1. The molecule has 1 N–H and O–H groups in total. The molecule has 0 aliphatic rings. The van der Waals surface area contributed by atoms with E-state index in [9.17, 15) is 9.59 Å². The summed E-state index contributed by atoms with van der Waals surface area (Å²) in [5, 5.41) is 3.44. The Balaban J connectivity index is 1.87. The molecule has 0 saturated carbocycles. The third-order valence-electron chi connectivity index (χ3n) is 3.96. The van der Waals surface area contributed by atoms with Crippen LogP contribution in [0.15, 0.2) is 59.0 Å². The van der Waals surface area contributed by atoms with Crippen molar-refractivity contribution in [2.45, 2.75) is 20.0 Å². The van der Waals surface area contributed by atoms with Crippen LogP contribution in [0.25, 0.3) is 0 Å². The molecule has 0 unspecified atom stereocenters. The third-order valence-corrected chi connectivity index (χ3v) is 4.39. The first-order valence-corrected chi connectivity index (χ1v) is 9.19. The highest BCUT2D eigenvalue weighted by molar-refractivity contribution is 6.35. The monoisotopic (exact) mass is 417 g/mol. The van der Waals surface area contributed by atoms with E-state index < -0.39 is 18.0 Å². The van der Waals surface area contributed by atoms with Gasteiger partial charge in [-0.05, 0) is 38.1 Å². The van der Waals surface area contributed by atoms with Crippen LogP contribution in [0, 0.1) is 13.8 Å². The molecule has 0 fully saturated rings. The number of aryl methyl sites for hydroxylation is 2. The number of nitrogens with one attached hydrogen (secondary N) is 1. The minimum absolute atomic E-state index is 0.275. The molecule has 3 rings (SSSR count). The van der Waals surface area contributed by atoms with Crippen molar-refractivity contribution in [1.82, 2.24) is 0 Å². The fourth-order valence-corrected chi connectivity index (χ4v) is 3.26. The van der Waals surface area contributed by atoms with E-state index in [0.717, 1.165) is 0 Å².